The van der Waals surface area contributed by atoms with Crippen molar-refractivity contribution in [3.63, 3.8) is 0 Å². The zero-order valence-electron chi connectivity index (χ0n) is 21.0. The molecule has 4 fully saturated rings. The van der Waals surface area contributed by atoms with Crippen LogP contribution in [0.25, 0.3) is 0 Å². The maximum atomic E-state index is 6.21. The van der Waals surface area contributed by atoms with Gasteiger partial charge in [0.25, 0.3) is 0 Å². The monoisotopic (exact) mass is 566 g/mol. The minimum absolute atomic E-state index is 0.345. The first-order chi connectivity index (χ1) is 17.4. The van der Waals surface area contributed by atoms with Crippen molar-refractivity contribution in [2.75, 3.05) is 26.2 Å². The van der Waals surface area contributed by atoms with E-state index in [0.717, 1.165) is 38.0 Å². The first kappa shape index (κ1) is 27.1. The van der Waals surface area contributed by atoms with Gasteiger partial charge in [-0.15, -0.1) is 0 Å². The molecule has 2 aromatic rings. The van der Waals surface area contributed by atoms with Crippen LogP contribution in [0.2, 0.25) is 20.1 Å². The third-order valence-corrected chi connectivity index (χ3v) is 11.1. The number of benzene rings is 2. The fourth-order valence-electron chi connectivity index (χ4n) is 7.74. The highest BCUT2D eigenvalue weighted by Gasteiger charge is 2.44. The second-order valence-electron chi connectivity index (χ2n) is 11.4. The lowest BCUT2D eigenvalue weighted by molar-refractivity contribution is 0.291. The van der Waals surface area contributed by atoms with E-state index in [1.54, 1.807) is 0 Å². The van der Waals surface area contributed by atoms with Crippen LogP contribution in [-0.2, 0) is 10.8 Å². The normalized spacial score (nSPS) is 26.7. The number of nitrogens with one attached hydrogen (secondary N) is 2. The highest BCUT2D eigenvalue weighted by molar-refractivity contribution is 6.42. The molecule has 6 rings (SSSR count). The standard InChI is InChI=1S/2C15H19Cl2N/c2*16-13-4-3-11(9-14(13)17)15(6-1-2-7-15)12-5-8-18-10-12/h2*3-4,9,12,18H,1-2,5-8,10H2. The summed E-state index contributed by atoms with van der Waals surface area (Å²) in [5.41, 5.74) is 3.50. The van der Waals surface area contributed by atoms with Gasteiger partial charge in [0.2, 0.25) is 0 Å². The average molecular weight is 568 g/mol. The number of rotatable bonds is 4. The Hall–Kier alpha value is -0.480. The molecule has 2 aliphatic heterocycles. The maximum Gasteiger partial charge on any atom is 0.0595 e. The Balaban J connectivity index is 0.000000148. The molecule has 6 heteroatoms. The zero-order valence-corrected chi connectivity index (χ0v) is 24.1. The fraction of sp³-hybridized carbons (Fsp3) is 0.600. The second-order valence-corrected chi connectivity index (χ2v) is 13.0. The van der Waals surface area contributed by atoms with Gasteiger partial charge in [-0.1, -0.05) is 84.2 Å². The van der Waals surface area contributed by atoms with Gasteiger partial charge in [-0.05, 0) is 123 Å². The van der Waals surface area contributed by atoms with Gasteiger partial charge in [0.05, 0.1) is 20.1 Å². The van der Waals surface area contributed by atoms with Crippen LogP contribution >= 0.6 is 46.4 Å². The lowest BCUT2D eigenvalue weighted by Gasteiger charge is -2.36. The second kappa shape index (κ2) is 11.7. The Morgan fingerprint density at radius 1 is 0.556 bits per heavy atom. The molecule has 2 nitrogen and oxygen atoms in total. The van der Waals surface area contributed by atoms with E-state index >= 15 is 0 Å². The van der Waals surface area contributed by atoms with Gasteiger partial charge in [-0.2, -0.15) is 0 Å². The van der Waals surface area contributed by atoms with Crippen molar-refractivity contribution in [2.45, 2.75) is 75.0 Å². The molecular formula is C30H38Cl4N2. The first-order valence-corrected chi connectivity index (χ1v) is 15.3. The molecule has 0 radical (unpaired) electrons. The van der Waals surface area contributed by atoms with Gasteiger partial charge in [-0.3, -0.25) is 0 Å². The van der Waals surface area contributed by atoms with E-state index in [1.165, 1.54) is 75.3 Å². The van der Waals surface area contributed by atoms with Crippen LogP contribution < -0.4 is 10.6 Å². The van der Waals surface area contributed by atoms with Crippen molar-refractivity contribution >= 4 is 46.4 Å². The summed E-state index contributed by atoms with van der Waals surface area (Å²) >= 11 is 24.5. The predicted octanol–water partition coefficient (Wildman–Crippen LogP) is 8.83. The third kappa shape index (κ3) is 5.33. The summed E-state index contributed by atoms with van der Waals surface area (Å²) in [5, 5.41) is 9.75. The SMILES string of the molecule is Clc1ccc(C2(C3CCNC3)CCCC2)cc1Cl.Clc1ccc(C2(C3CCNC3)CCCC2)cc1Cl. The van der Waals surface area contributed by atoms with Crippen molar-refractivity contribution in [1.29, 1.82) is 0 Å². The Morgan fingerprint density at radius 3 is 1.25 bits per heavy atom. The van der Waals surface area contributed by atoms with E-state index in [2.05, 4.69) is 34.9 Å². The molecular weight excluding hydrogens is 530 g/mol. The van der Waals surface area contributed by atoms with E-state index in [1.807, 2.05) is 12.1 Å². The lowest BCUT2D eigenvalue weighted by atomic mass is 9.68. The van der Waals surface area contributed by atoms with Crippen LogP contribution in [0, 0.1) is 11.8 Å². The average Bonchev–Trinajstić information content (AvgIpc) is 3.70. The molecule has 2 saturated carbocycles. The van der Waals surface area contributed by atoms with Crippen molar-refractivity contribution in [3.8, 4) is 0 Å². The Kier molecular flexibility index (Phi) is 8.83. The molecule has 0 spiro atoms. The smallest absolute Gasteiger partial charge is 0.0595 e. The van der Waals surface area contributed by atoms with Gasteiger partial charge < -0.3 is 10.6 Å². The number of halogens is 4. The van der Waals surface area contributed by atoms with Gasteiger partial charge in [0.15, 0.2) is 0 Å². The Bertz CT molecular complexity index is 948. The fourth-order valence-corrected chi connectivity index (χ4v) is 8.34. The zero-order chi connectivity index (χ0) is 25.2. The summed E-state index contributed by atoms with van der Waals surface area (Å²) in [4.78, 5) is 0. The van der Waals surface area contributed by atoms with Gasteiger partial charge in [-0.25, -0.2) is 0 Å². The van der Waals surface area contributed by atoms with Crippen LogP contribution in [0.4, 0.5) is 0 Å². The molecule has 0 bridgehead atoms. The minimum atomic E-state index is 0.345. The summed E-state index contributed by atoms with van der Waals surface area (Å²) in [6.07, 6.45) is 13.2. The summed E-state index contributed by atoms with van der Waals surface area (Å²) < 4.78 is 0. The predicted molar refractivity (Wildman–Crippen MR) is 155 cm³/mol. The summed E-state index contributed by atoms with van der Waals surface area (Å²) in [5.74, 6) is 1.52. The van der Waals surface area contributed by atoms with E-state index in [0.29, 0.717) is 30.9 Å². The largest absolute Gasteiger partial charge is 0.316 e. The molecule has 4 aliphatic rings. The van der Waals surface area contributed by atoms with E-state index in [4.69, 9.17) is 46.4 Å². The van der Waals surface area contributed by atoms with Crippen LogP contribution in [0.15, 0.2) is 36.4 Å². The van der Waals surface area contributed by atoms with E-state index in [-0.39, 0.29) is 0 Å². The molecule has 36 heavy (non-hydrogen) atoms. The van der Waals surface area contributed by atoms with Crippen molar-refractivity contribution in [1.82, 2.24) is 10.6 Å². The topological polar surface area (TPSA) is 24.1 Å². The maximum absolute atomic E-state index is 6.21. The van der Waals surface area contributed by atoms with Crippen molar-refractivity contribution < 1.29 is 0 Å². The summed E-state index contributed by atoms with van der Waals surface area (Å²) in [7, 11) is 0. The number of hydrogen-bond donors (Lipinski definition) is 2. The lowest BCUT2D eigenvalue weighted by Crippen LogP contribution is -2.33. The molecule has 0 amide bonds. The van der Waals surface area contributed by atoms with Crippen LogP contribution in [0.1, 0.15) is 75.3 Å². The molecule has 196 valence electrons. The molecule has 2 N–H and O–H groups in total. The molecule has 2 heterocycles. The molecule has 0 aromatic heterocycles. The van der Waals surface area contributed by atoms with Gasteiger partial charge in [0.1, 0.15) is 0 Å². The van der Waals surface area contributed by atoms with Crippen LogP contribution in [-0.4, -0.2) is 26.2 Å². The van der Waals surface area contributed by atoms with Crippen LogP contribution in [0.3, 0.4) is 0 Å². The molecule has 2 aliphatic carbocycles. The molecule has 2 saturated heterocycles. The van der Waals surface area contributed by atoms with Crippen molar-refractivity contribution in [2.24, 2.45) is 11.8 Å². The molecule has 2 unspecified atom stereocenters. The Morgan fingerprint density at radius 2 is 0.944 bits per heavy atom. The third-order valence-electron chi connectivity index (χ3n) is 9.66. The molecule has 2 atom stereocenters. The minimum Gasteiger partial charge on any atom is -0.316 e. The highest BCUT2D eigenvalue weighted by Crippen LogP contribution is 2.50. The Labute approximate surface area is 236 Å². The summed E-state index contributed by atoms with van der Waals surface area (Å²) in [6.45, 7) is 4.63. The van der Waals surface area contributed by atoms with Gasteiger partial charge >= 0.3 is 0 Å². The van der Waals surface area contributed by atoms with Crippen LogP contribution in [0.5, 0.6) is 0 Å². The quantitative estimate of drug-likeness (QED) is 0.385. The van der Waals surface area contributed by atoms with E-state index < -0.39 is 0 Å². The summed E-state index contributed by atoms with van der Waals surface area (Å²) in [6, 6.07) is 12.5. The first-order valence-electron chi connectivity index (χ1n) is 13.8. The van der Waals surface area contributed by atoms with E-state index in [9.17, 15) is 0 Å². The number of hydrogen-bond acceptors (Lipinski definition) is 2. The highest BCUT2D eigenvalue weighted by atomic mass is 35.5. The van der Waals surface area contributed by atoms with Crippen molar-refractivity contribution in [3.05, 3.63) is 67.6 Å². The molecule has 2 aromatic carbocycles. The van der Waals surface area contributed by atoms with Gasteiger partial charge in [0, 0.05) is 0 Å².